The lowest BCUT2D eigenvalue weighted by Gasteiger charge is -2.13. The Morgan fingerprint density at radius 1 is 1.36 bits per heavy atom. The number of aryl methyl sites for hydroxylation is 2. The van der Waals surface area contributed by atoms with Crippen LogP contribution in [0.3, 0.4) is 0 Å². The molecule has 116 valence electrons. The molecule has 0 fully saturated rings. The zero-order chi connectivity index (χ0) is 16.3. The minimum atomic E-state index is -0.376. The fraction of sp³-hybridized carbons (Fsp3) is 0.231. The zero-order valence-corrected chi connectivity index (χ0v) is 14.6. The topological polar surface area (TPSA) is 71.8 Å². The standard InChI is InChI=1S/C13H14ClN5OS2/c1-7-4-5-9(10(14)6-7)11(20)15-12(21)18-19-8(2)16-17-13(19)22-3/h4-6H,1-3H3,(H2,15,18,20,21). The van der Waals surface area contributed by atoms with Crippen molar-refractivity contribution in [3.63, 3.8) is 0 Å². The first-order valence-corrected chi connectivity index (χ1v) is 8.28. The summed E-state index contributed by atoms with van der Waals surface area (Å²) in [6.07, 6.45) is 1.87. The van der Waals surface area contributed by atoms with Gasteiger partial charge in [-0.15, -0.1) is 10.2 Å². The average Bonchev–Trinajstić information content (AvgIpc) is 2.79. The SMILES string of the molecule is CSc1nnc(C)n1NC(=S)NC(=O)c1ccc(C)cc1Cl. The molecule has 2 aromatic rings. The summed E-state index contributed by atoms with van der Waals surface area (Å²) in [6.45, 7) is 3.68. The van der Waals surface area contributed by atoms with Crippen LogP contribution in [0.15, 0.2) is 23.4 Å². The van der Waals surface area contributed by atoms with E-state index in [0.29, 0.717) is 21.6 Å². The fourth-order valence-electron chi connectivity index (χ4n) is 1.71. The molecule has 9 heteroatoms. The van der Waals surface area contributed by atoms with E-state index in [1.807, 2.05) is 19.2 Å². The van der Waals surface area contributed by atoms with Gasteiger partial charge in [-0.3, -0.25) is 15.5 Å². The van der Waals surface area contributed by atoms with Crippen LogP contribution in [0.2, 0.25) is 5.02 Å². The summed E-state index contributed by atoms with van der Waals surface area (Å²) in [7, 11) is 0. The predicted molar refractivity (Wildman–Crippen MR) is 92.2 cm³/mol. The molecule has 1 aromatic carbocycles. The summed E-state index contributed by atoms with van der Waals surface area (Å²) in [5.41, 5.74) is 4.21. The number of carbonyl (C=O) groups excluding carboxylic acids is 1. The first kappa shape index (κ1) is 16.7. The van der Waals surface area contributed by atoms with Crippen molar-refractivity contribution >= 4 is 46.6 Å². The molecular formula is C13H14ClN5OS2. The Kier molecular flexibility index (Phi) is 5.38. The highest BCUT2D eigenvalue weighted by Gasteiger charge is 2.14. The third-order valence-corrected chi connectivity index (χ3v) is 3.92. The van der Waals surface area contributed by atoms with E-state index in [1.165, 1.54) is 11.8 Å². The molecule has 2 rings (SSSR count). The molecule has 0 bridgehead atoms. The lowest BCUT2D eigenvalue weighted by molar-refractivity contribution is 0.0977. The minimum Gasteiger partial charge on any atom is -0.298 e. The van der Waals surface area contributed by atoms with E-state index in [0.717, 1.165) is 5.56 Å². The van der Waals surface area contributed by atoms with E-state index in [1.54, 1.807) is 23.7 Å². The Hall–Kier alpha value is -1.64. The van der Waals surface area contributed by atoms with Crippen molar-refractivity contribution in [2.45, 2.75) is 19.0 Å². The maximum absolute atomic E-state index is 12.2. The van der Waals surface area contributed by atoms with Gasteiger partial charge in [0.25, 0.3) is 5.91 Å². The molecular weight excluding hydrogens is 342 g/mol. The number of nitrogens with zero attached hydrogens (tertiary/aromatic N) is 3. The van der Waals surface area contributed by atoms with Crippen LogP contribution in [0, 0.1) is 13.8 Å². The number of amides is 1. The number of thiocarbonyl (C=S) groups is 1. The Labute approximate surface area is 142 Å². The maximum atomic E-state index is 12.2. The predicted octanol–water partition coefficient (Wildman–Crippen LogP) is 2.53. The number of halogens is 1. The van der Waals surface area contributed by atoms with Gasteiger partial charge in [-0.25, -0.2) is 4.68 Å². The number of hydrogen-bond donors (Lipinski definition) is 2. The summed E-state index contributed by atoms with van der Waals surface area (Å²) < 4.78 is 1.60. The van der Waals surface area contributed by atoms with Crippen LogP contribution in [-0.2, 0) is 0 Å². The summed E-state index contributed by atoms with van der Waals surface area (Å²) in [6, 6.07) is 5.20. The van der Waals surface area contributed by atoms with Crippen molar-refractivity contribution in [2.75, 3.05) is 11.7 Å². The number of rotatable bonds is 3. The van der Waals surface area contributed by atoms with E-state index < -0.39 is 0 Å². The Balaban J connectivity index is 2.08. The van der Waals surface area contributed by atoms with E-state index in [-0.39, 0.29) is 11.0 Å². The number of aromatic nitrogens is 3. The number of nitrogens with one attached hydrogen (secondary N) is 2. The molecule has 22 heavy (non-hydrogen) atoms. The molecule has 0 atom stereocenters. The van der Waals surface area contributed by atoms with Gasteiger partial charge in [-0.2, -0.15) is 0 Å². The summed E-state index contributed by atoms with van der Waals surface area (Å²) in [5, 5.41) is 11.7. The Bertz CT molecular complexity index is 731. The van der Waals surface area contributed by atoms with Crippen molar-refractivity contribution in [1.82, 2.24) is 20.2 Å². The first-order chi connectivity index (χ1) is 10.4. The highest BCUT2D eigenvalue weighted by molar-refractivity contribution is 7.98. The minimum absolute atomic E-state index is 0.139. The molecule has 1 amide bonds. The van der Waals surface area contributed by atoms with Crippen molar-refractivity contribution in [3.05, 3.63) is 40.2 Å². The van der Waals surface area contributed by atoms with Gasteiger partial charge in [0.15, 0.2) is 5.11 Å². The summed E-state index contributed by atoms with van der Waals surface area (Å²) in [4.78, 5) is 12.2. The third kappa shape index (κ3) is 3.76. The van der Waals surface area contributed by atoms with Crippen LogP contribution in [-0.4, -0.2) is 32.1 Å². The highest BCUT2D eigenvalue weighted by atomic mass is 35.5. The monoisotopic (exact) mass is 355 g/mol. The maximum Gasteiger partial charge on any atom is 0.258 e. The van der Waals surface area contributed by atoms with Crippen molar-refractivity contribution in [1.29, 1.82) is 0 Å². The zero-order valence-electron chi connectivity index (χ0n) is 12.2. The number of benzene rings is 1. The smallest absolute Gasteiger partial charge is 0.258 e. The second kappa shape index (κ2) is 7.08. The second-order valence-corrected chi connectivity index (χ2v) is 6.04. The molecule has 1 aromatic heterocycles. The van der Waals surface area contributed by atoms with Crippen LogP contribution < -0.4 is 10.7 Å². The van der Waals surface area contributed by atoms with Crippen LogP contribution >= 0.6 is 35.6 Å². The molecule has 0 spiro atoms. The van der Waals surface area contributed by atoms with Crippen LogP contribution in [0.5, 0.6) is 0 Å². The van der Waals surface area contributed by atoms with Crippen LogP contribution in [0.25, 0.3) is 0 Å². The van der Waals surface area contributed by atoms with Gasteiger partial charge in [-0.1, -0.05) is 29.4 Å². The van der Waals surface area contributed by atoms with Crippen molar-refractivity contribution in [2.24, 2.45) is 0 Å². The Morgan fingerprint density at radius 2 is 2.09 bits per heavy atom. The molecule has 0 aliphatic rings. The molecule has 1 heterocycles. The average molecular weight is 356 g/mol. The first-order valence-electron chi connectivity index (χ1n) is 6.27. The molecule has 0 saturated carbocycles. The van der Waals surface area contributed by atoms with E-state index >= 15 is 0 Å². The van der Waals surface area contributed by atoms with Gasteiger partial charge < -0.3 is 0 Å². The fourth-order valence-corrected chi connectivity index (χ4v) is 2.70. The lowest BCUT2D eigenvalue weighted by Crippen LogP contribution is -2.38. The molecule has 0 saturated heterocycles. The Morgan fingerprint density at radius 3 is 2.73 bits per heavy atom. The molecule has 0 aliphatic carbocycles. The van der Waals surface area contributed by atoms with Crippen LogP contribution in [0.4, 0.5) is 0 Å². The molecule has 2 N–H and O–H groups in total. The van der Waals surface area contributed by atoms with E-state index in [9.17, 15) is 4.79 Å². The highest BCUT2D eigenvalue weighted by Crippen LogP contribution is 2.17. The normalized spacial score (nSPS) is 10.4. The van der Waals surface area contributed by atoms with Gasteiger partial charge in [0.05, 0.1) is 10.6 Å². The van der Waals surface area contributed by atoms with Crippen LogP contribution in [0.1, 0.15) is 21.7 Å². The van der Waals surface area contributed by atoms with Crippen molar-refractivity contribution in [3.8, 4) is 0 Å². The second-order valence-electron chi connectivity index (χ2n) is 4.45. The largest absolute Gasteiger partial charge is 0.298 e. The summed E-state index contributed by atoms with van der Waals surface area (Å²) >= 11 is 12.6. The lowest BCUT2D eigenvalue weighted by atomic mass is 10.1. The van der Waals surface area contributed by atoms with Gasteiger partial charge in [-0.05, 0) is 50.0 Å². The summed E-state index contributed by atoms with van der Waals surface area (Å²) in [5.74, 6) is 0.258. The number of carbonyl (C=O) groups is 1. The van der Waals surface area contributed by atoms with Crippen molar-refractivity contribution < 1.29 is 4.79 Å². The van der Waals surface area contributed by atoms with Gasteiger partial charge >= 0.3 is 0 Å². The number of hydrogen-bond acceptors (Lipinski definition) is 5. The van der Waals surface area contributed by atoms with Gasteiger partial charge in [0, 0.05) is 0 Å². The van der Waals surface area contributed by atoms with E-state index in [2.05, 4.69) is 20.9 Å². The molecule has 0 aliphatic heterocycles. The molecule has 0 radical (unpaired) electrons. The van der Waals surface area contributed by atoms with Gasteiger partial charge in [0.1, 0.15) is 5.82 Å². The molecule has 6 nitrogen and oxygen atoms in total. The number of thioether (sulfide) groups is 1. The van der Waals surface area contributed by atoms with Gasteiger partial charge in [0.2, 0.25) is 5.16 Å². The molecule has 0 unspecified atom stereocenters. The van der Waals surface area contributed by atoms with E-state index in [4.69, 9.17) is 23.8 Å². The third-order valence-electron chi connectivity index (χ3n) is 2.79. The quantitative estimate of drug-likeness (QED) is 0.651.